The molecule has 0 unspecified atom stereocenters. The van der Waals surface area contributed by atoms with E-state index in [4.69, 9.17) is 14.1 Å². The van der Waals surface area contributed by atoms with Gasteiger partial charge < -0.3 is 9.15 Å². The maximum Gasteiger partial charge on any atom is 0.307 e. The lowest BCUT2D eigenvalue weighted by Crippen LogP contribution is -2.36. The third kappa shape index (κ3) is 2.90. The first-order valence-electron chi connectivity index (χ1n) is 9.37. The second kappa shape index (κ2) is 6.83. The number of fused-ring (bicyclic) bond motifs is 3. The first-order valence-corrected chi connectivity index (χ1v) is 10.2. The molecular formula is C20H22BrN3O2. The Morgan fingerprint density at radius 3 is 2.62 bits per heavy atom. The smallest absolute Gasteiger partial charge is 0.307 e. The summed E-state index contributed by atoms with van der Waals surface area (Å²) in [5.74, 6) is 1.88. The van der Waals surface area contributed by atoms with Gasteiger partial charge in [-0.15, -0.1) is 0 Å². The number of hydrogen-bond acceptors (Lipinski definition) is 4. The summed E-state index contributed by atoms with van der Waals surface area (Å²) >= 11 is 3.53. The average molecular weight is 416 g/mol. The first kappa shape index (κ1) is 16.5. The molecule has 1 fully saturated rings. The number of oxazole rings is 1. The summed E-state index contributed by atoms with van der Waals surface area (Å²) in [6, 6.07) is 8.40. The fourth-order valence-corrected chi connectivity index (χ4v) is 4.32. The van der Waals surface area contributed by atoms with Gasteiger partial charge in [0.1, 0.15) is 5.76 Å². The molecule has 3 heterocycles. The molecule has 5 nitrogen and oxygen atoms in total. The van der Waals surface area contributed by atoms with Crippen molar-refractivity contribution in [2.75, 3.05) is 26.3 Å². The van der Waals surface area contributed by atoms with Gasteiger partial charge in [-0.3, -0.25) is 9.30 Å². The van der Waals surface area contributed by atoms with Crippen LogP contribution in [0.2, 0.25) is 0 Å². The third-order valence-corrected chi connectivity index (χ3v) is 5.94. The molecule has 0 saturated carbocycles. The van der Waals surface area contributed by atoms with Gasteiger partial charge in [-0.25, -0.2) is 0 Å². The van der Waals surface area contributed by atoms with Gasteiger partial charge in [-0.05, 0) is 31.4 Å². The topological polar surface area (TPSA) is 42.9 Å². The van der Waals surface area contributed by atoms with Crippen molar-refractivity contribution < 1.29 is 9.15 Å². The largest absolute Gasteiger partial charge is 0.428 e. The summed E-state index contributed by atoms with van der Waals surface area (Å²) in [4.78, 5) is 7.36. The predicted octanol–water partition coefficient (Wildman–Crippen LogP) is 4.07. The fraction of sp³-hybridized carbons (Fsp3) is 0.450. The van der Waals surface area contributed by atoms with E-state index in [0.717, 1.165) is 73.0 Å². The van der Waals surface area contributed by atoms with E-state index >= 15 is 0 Å². The summed E-state index contributed by atoms with van der Waals surface area (Å²) in [5, 5.41) is 0. The number of rotatable bonds is 3. The van der Waals surface area contributed by atoms with Crippen molar-refractivity contribution in [2.45, 2.75) is 32.2 Å². The summed E-state index contributed by atoms with van der Waals surface area (Å²) in [7, 11) is 0. The van der Waals surface area contributed by atoms with Crippen molar-refractivity contribution in [3.63, 3.8) is 0 Å². The number of hydrogen-bond donors (Lipinski definition) is 0. The number of aryl methyl sites for hydroxylation is 2. The molecule has 1 saturated heterocycles. The highest BCUT2D eigenvalue weighted by Crippen LogP contribution is 2.33. The van der Waals surface area contributed by atoms with Crippen molar-refractivity contribution in [1.82, 2.24) is 14.3 Å². The number of benzene rings is 1. The Labute approximate surface area is 161 Å². The molecule has 6 heteroatoms. The molecule has 5 rings (SSSR count). The SMILES string of the molecule is Brc1ccc(-c2nc3oc4c(n3c2CN2CCOCC2)CCCC4)cc1. The Morgan fingerprint density at radius 1 is 1.04 bits per heavy atom. The molecule has 0 atom stereocenters. The average Bonchev–Trinajstić information content (AvgIpc) is 3.20. The number of nitrogens with zero attached hydrogens (tertiary/aromatic N) is 3. The van der Waals surface area contributed by atoms with Crippen molar-refractivity contribution >= 4 is 21.8 Å². The Kier molecular flexibility index (Phi) is 4.35. The molecule has 2 aromatic heterocycles. The van der Waals surface area contributed by atoms with E-state index in [1.54, 1.807) is 0 Å². The summed E-state index contributed by atoms with van der Waals surface area (Å²) in [6.07, 6.45) is 4.55. The van der Waals surface area contributed by atoms with E-state index in [1.807, 2.05) is 0 Å². The number of morpholine rings is 1. The Morgan fingerprint density at radius 2 is 1.81 bits per heavy atom. The van der Waals surface area contributed by atoms with Crippen LogP contribution in [0.1, 0.15) is 30.0 Å². The molecule has 3 aromatic rings. The van der Waals surface area contributed by atoms with E-state index in [9.17, 15) is 0 Å². The van der Waals surface area contributed by atoms with Gasteiger partial charge in [0, 0.05) is 36.1 Å². The molecule has 1 aliphatic carbocycles. The Hall–Kier alpha value is -1.63. The highest BCUT2D eigenvalue weighted by molar-refractivity contribution is 9.10. The van der Waals surface area contributed by atoms with Crippen LogP contribution in [-0.4, -0.2) is 40.6 Å². The standard InChI is InChI=1S/C20H22BrN3O2/c21-15-7-5-14(6-8-15)19-17(13-23-9-11-25-12-10-23)24-16-3-1-2-4-18(16)26-20(24)22-19/h5-8H,1-4,9-13H2. The van der Waals surface area contributed by atoms with Gasteiger partial charge in [0.2, 0.25) is 0 Å². The summed E-state index contributed by atoms with van der Waals surface area (Å²) in [6.45, 7) is 4.42. The zero-order valence-electron chi connectivity index (χ0n) is 14.7. The lowest BCUT2D eigenvalue weighted by molar-refractivity contribution is 0.0336. The van der Waals surface area contributed by atoms with Gasteiger partial charge in [-0.1, -0.05) is 28.1 Å². The molecular weight excluding hydrogens is 394 g/mol. The second-order valence-corrected chi connectivity index (χ2v) is 8.02. The lowest BCUT2D eigenvalue weighted by atomic mass is 10.0. The highest BCUT2D eigenvalue weighted by Gasteiger charge is 2.26. The Balaban J connectivity index is 1.64. The molecule has 26 heavy (non-hydrogen) atoms. The van der Waals surface area contributed by atoms with Gasteiger partial charge >= 0.3 is 5.84 Å². The third-order valence-electron chi connectivity index (χ3n) is 5.41. The number of ether oxygens (including phenoxy) is 1. The van der Waals surface area contributed by atoms with Crippen LogP contribution >= 0.6 is 15.9 Å². The van der Waals surface area contributed by atoms with Gasteiger partial charge in [-0.2, -0.15) is 4.98 Å². The van der Waals surface area contributed by atoms with E-state index < -0.39 is 0 Å². The zero-order valence-corrected chi connectivity index (χ0v) is 16.3. The number of aromatic nitrogens is 2. The van der Waals surface area contributed by atoms with Crippen molar-refractivity contribution in [1.29, 1.82) is 0 Å². The number of imidazole rings is 1. The van der Waals surface area contributed by atoms with Gasteiger partial charge in [0.15, 0.2) is 0 Å². The first-order chi connectivity index (χ1) is 12.8. The van der Waals surface area contributed by atoms with Crippen molar-refractivity contribution in [3.8, 4) is 11.3 Å². The van der Waals surface area contributed by atoms with Crippen molar-refractivity contribution in [3.05, 3.63) is 45.9 Å². The van der Waals surface area contributed by atoms with Crippen LogP contribution in [0.4, 0.5) is 0 Å². The maximum absolute atomic E-state index is 6.15. The van der Waals surface area contributed by atoms with Gasteiger partial charge in [0.05, 0.1) is 30.3 Å². The Bertz CT molecular complexity index is 923. The van der Waals surface area contributed by atoms with E-state index in [0.29, 0.717) is 0 Å². The van der Waals surface area contributed by atoms with Crippen LogP contribution in [0.25, 0.3) is 17.1 Å². The molecule has 2 aliphatic rings. The minimum atomic E-state index is 0.748. The second-order valence-electron chi connectivity index (χ2n) is 7.10. The van der Waals surface area contributed by atoms with Crippen LogP contribution in [0.15, 0.2) is 33.2 Å². The van der Waals surface area contributed by atoms with Gasteiger partial charge in [0.25, 0.3) is 0 Å². The van der Waals surface area contributed by atoms with Crippen LogP contribution in [0.5, 0.6) is 0 Å². The van der Waals surface area contributed by atoms with E-state index in [1.165, 1.54) is 24.2 Å². The highest BCUT2D eigenvalue weighted by atomic mass is 79.9. The lowest BCUT2D eigenvalue weighted by Gasteiger charge is -2.26. The van der Waals surface area contributed by atoms with Crippen LogP contribution in [0, 0.1) is 0 Å². The summed E-state index contributed by atoms with van der Waals surface area (Å²) < 4.78 is 15.0. The number of halogens is 1. The minimum absolute atomic E-state index is 0.748. The van der Waals surface area contributed by atoms with Crippen molar-refractivity contribution in [2.24, 2.45) is 0 Å². The summed E-state index contributed by atoms with van der Waals surface area (Å²) in [5.41, 5.74) is 4.75. The van der Waals surface area contributed by atoms with E-state index in [2.05, 4.69) is 49.5 Å². The molecule has 0 N–H and O–H groups in total. The molecule has 0 radical (unpaired) electrons. The fourth-order valence-electron chi connectivity index (χ4n) is 4.05. The van der Waals surface area contributed by atoms with Crippen LogP contribution < -0.4 is 0 Å². The zero-order chi connectivity index (χ0) is 17.5. The monoisotopic (exact) mass is 415 g/mol. The molecule has 1 aliphatic heterocycles. The molecule has 1 aromatic carbocycles. The quantitative estimate of drug-likeness (QED) is 0.646. The van der Waals surface area contributed by atoms with Crippen LogP contribution in [0.3, 0.4) is 0 Å². The molecule has 0 amide bonds. The molecule has 136 valence electrons. The van der Waals surface area contributed by atoms with Crippen LogP contribution in [-0.2, 0) is 24.1 Å². The molecule has 0 spiro atoms. The van der Waals surface area contributed by atoms with E-state index in [-0.39, 0.29) is 0 Å². The predicted molar refractivity (Wildman–Crippen MR) is 103 cm³/mol. The maximum atomic E-state index is 6.15. The normalized spacial score (nSPS) is 18.3. The molecule has 0 bridgehead atoms. The minimum Gasteiger partial charge on any atom is -0.428 e.